The Kier molecular flexibility index (Phi) is 5.77. The second-order valence-electron chi connectivity index (χ2n) is 6.01. The van der Waals surface area contributed by atoms with Crippen molar-refractivity contribution in [2.24, 2.45) is 0 Å². The number of carbonyl (C=O) groups excluding carboxylic acids is 1. The van der Waals surface area contributed by atoms with E-state index in [1.807, 2.05) is 36.4 Å². The van der Waals surface area contributed by atoms with Crippen LogP contribution in [0.1, 0.15) is 18.4 Å². The molecule has 0 unspecified atom stereocenters. The summed E-state index contributed by atoms with van der Waals surface area (Å²) >= 11 is 0. The van der Waals surface area contributed by atoms with E-state index in [0.717, 1.165) is 31.5 Å². The summed E-state index contributed by atoms with van der Waals surface area (Å²) in [7, 11) is 1.62. The SMILES string of the molecule is COc1ccc(N2CCCNC2=O)cc1OCCCc1ccccc1. The quantitative estimate of drug-likeness (QED) is 0.783. The van der Waals surface area contributed by atoms with Gasteiger partial charge in [0.1, 0.15) is 0 Å². The van der Waals surface area contributed by atoms with Gasteiger partial charge >= 0.3 is 6.03 Å². The average molecular weight is 340 g/mol. The van der Waals surface area contributed by atoms with Crippen molar-refractivity contribution in [3.05, 3.63) is 54.1 Å². The molecule has 1 heterocycles. The molecule has 2 aromatic carbocycles. The molecule has 2 aromatic rings. The van der Waals surface area contributed by atoms with Crippen molar-refractivity contribution in [1.29, 1.82) is 0 Å². The van der Waals surface area contributed by atoms with E-state index in [1.165, 1.54) is 5.56 Å². The van der Waals surface area contributed by atoms with Crippen molar-refractivity contribution in [3.63, 3.8) is 0 Å². The van der Waals surface area contributed by atoms with Crippen LogP contribution in [-0.2, 0) is 6.42 Å². The summed E-state index contributed by atoms with van der Waals surface area (Å²) in [6, 6.07) is 15.9. The fourth-order valence-electron chi connectivity index (χ4n) is 2.92. The molecule has 0 spiro atoms. The van der Waals surface area contributed by atoms with Crippen molar-refractivity contribution in [2.45, 2.75) is 19.3 Å². The lowest BCUT2D eigenvalue weighted by atomic mass is 10.1. The highest BCUT2D eigenvalue weighted by Gasteiger charge is 2.20. The lowest BCUT2D eigenvalue weighted by Crippen LogP contribution is -2.46. The van der Waals surface area contributed by atoms with Crippen molar-refractivity contribution >= 4 is 11.7 Å². The summed E-state index contributed by atoms with van der Waals surface area (Å²) in [5.41, 5.74) is 2.13. The summed E-state index contributed by atoms with van der Waals surface area (Å²) in [5, 5.41) is 2.86. The predicted molar refractivity (Wildman–Crippen MR) is 98.6 cm³/mol. The summed E-state index contributed by atoms with van der Waals surface area (Å²) in [6.07, 6.45) is 2.82. The highest BCUT2D eigenvalue weighted by atomic mass is 16.5. The molecular formula is C20H24N2O3. The standard InChI is InChI=1S/C20H24N2O3/c1-24-18-11-10-17(22-13-6-12-21-20(22)23)15-19(18)25-14-5-9-16-7-3-2-4-8-16/h2-4,7-8,10-11,15H,5-6,9,12-14H2,1H3,(H,21,23). The van der Waals surface area contributed by atoms with Crippen LogP contribution in [0.15, 0.2) is 48.5 Å². The Morgan fingerprint density at radius 3 is 2.72 bits per heavy atom. The lowest BCUT2D eigenvalue weighted by molar-refractivity contribution is 0.243. The van der Waals surface area contributed by atoms with Crippen molar-refractivity contribution in [1.82, 2.24) is 5.32 Å². The van der Waals surface area contributed by atoms with E-state index in [1.54, 1.807) is 12.0 Å². The van der Waals surface area contributed by atoms with Gasteiger partial charge in [-0.1, -0.05) is 30.3 Å². The topological polar surface area (TPSA) is 50.8 Å². The molecule has 132 valence electrons. The molecule has 0 radical (unpaired) electrons. The van der Waals surface area contributed by atoms with Crippen LogP contribution in [-0.4, -0.2) is 32.8 Å². The minimum absolute atomic E-state index is 0.0635. The molecule has 0 saturated carbocycles. The Balaban J connectivity index is 1.62. The molecule has 0 bridgehead atoms. The van der Waals surface area contributed by atoms with Crippen LogP contribution in [0.2, 0.25) is 0 Å². The van der Waals surface area contributed by atoms with E-state index in [4.69, 9.17) is 9.47 Å². The molecule has 0 aromatic heterocycles. The number of amides is 2. The fraction of sp³-hybridized carbons (Fsp3) is 0.350. The smallest absolute Gasteiger partial charge is 0.321 e. The van der Waals surface area contributed by atoms with Crippen LogP contribution in [0.4, 0.5) is 10.5 Å². The second kappa shape index (κ2) is 8.42. The van der Waals surface area contributed by atoms with Gasteiger partial charge in [-0.3, -0.25) is 4.90 Å². The molecule has 1 fully saturated rings. The minimum atomic E-state index is -0.0635. The van der Waals surface area contributed by atoms with E-state index in [0.29, 0.717) is 24.7 Å². The minimum Gasteiger partial charge on any atom is -0.493 e. The summed E-state index contributed by atoms with van der Waals surface area (Å²) in [6.45, 7) is 2.04. The van der Waals surface area contributed by atoms with Gasteiger partial charge in [0.2, 0.25) is 0 Å². The Morgan fingerprint density at radius 2 is 1.96 bits per heavy atom. The molecule has 5 heteroatoms. The molecule has 5 nitrogen and oxygen atoms in total. The molecule has 3 rings (SSSR count). The van der Waals surface area contributed by atoms with Gasteiger partial charge in [0, 0.05) is 24.8 Å². The zero-order valence-corrected chi connectivity index (χ0v) is 14.5. The highest BCUT2D eigenvalue weighted by Crippen LogP contribution is 2.32. The molecule has 1 aliphatic rings. The first kappa shape index (κ1) is 17.1. The van der Waals surface area contributed by atoms with Gasteiger partial charge in [-0.2, -0.15) is 0 Å². The fourth-order valence-corrected chi connectivity index (χ4v) is 2.92. The van der Waals surface area contributed by atoms with Gasteiger partial charge in [0.25, 0.3) is 0 Å². The largest absolute Gasteiger partial charge is 0.493 e. The van der Waals surface area contributed by atoms with Gasteiger partial charge in [0.05, 0.1) is 13.7 Å². The van der Waals surface area contributed by atoms with Crippen LogP contribution in [0.3, 0.4) is 0 Å². The number of aryl methyl sites for hydroxylation is 1. The average Bonchev–Trinajstić information content (AvgIpc) is 2.66. The molecule has 1 N–H and O–H groups in total. The van der Waals surface area contributed by atoms with Gasteiger partial charge in [-0.25, -0.2) is 4.79 Å². The molecule has 1 saturated heterocycles. The van der Waals surface area contributed by atoms with E-state index in [9.17, 15) is 4.79 Å². The summed E-state index contributed by atoms with van der Waals surface area (Å²) in [4.78, 5) is 13.8. The van der Waals surface area contributed by atoms with Crippen molar-refractivity contribution in [3.8, 4) is 11.5 Å². The number of nitrogens with zero attached hydrogens (tertiary/aromatic N) is 1. The van der Waals surface area contributed by atoms with Crippen LogP contribution in [0, 0.1) is 0 Å². The second-order valence-corrected chi connectivity index (χ2v) is 6.01. The van der Waals surface area contributed by atoms with Crippen molar-refractivity contribution in [2.75, 3.05) is 31.7 Å². The normalized spacial score (nSPS) is 14.1. The van der Waals surface area contributed by atoms with Crippen molar-refractivity contribution < 1.29 is 14.3 Å². The van der Waals surface area contributed by atoms with Gasteiger partial charge in [-0.15, -0.1) is 0 Å². The first-order chi connectivity index (χ1) is 12.3. The van der Waals surface area contributed by atoms with Gasteiger partial charge in [0.15, 0.2) is 11.5 Å². The molecule has 25 heavy (non-hydrogen) atoms. The number of ether oxygens (including phenoxy) is 2. The molecule has 1 aliphatic heterocycles. The van der Waals surface area contributed by atoms with E-state index in [-0.39, 0.29) is 6.03 Å². The van der Waals surface area contributed by atoms with Gasteiger partial charge < -0.3 is 14.8 Å². The molecule has 0 atom stereocenters. The monoisotopic (exact) mass is 340 g/mol. The first-order valence-electron chi connectivity index (χ1n) is 8.68. The number of rotatable bonds is 7. The number of methoxy groups -OCH3 is 1. The van der Waals surface area contributed by atoms with E-state index in [2.05, 4.69) is 17.4 Å². The van der Waals surface area contributed by atoms with Crippen LogP contribution < -0.4 is 19.7 Å². The number of hydrogen-bond acceptors (Lipinski definition) is 3. The Morgan fingerprint density at radius 1 is 1.12 bits per heavy atom. The number of nitrogens with one attached hydrogen (secondary N) is 1. The Bertz CT molecular complexity index is 703. The summed E-state index contributed by atoms with van der Waals surface area (Å²) < 4.78 is 11.3. The Labute approximate surface area is 148 Å². The summed E-state index contributed by atoms with van der Waals surface area (Å²) in [5.74, 6) is 1.35. The maximum Gasteiger partial charge on any atom is 0.321 e. The van der Waals surface area contributed by atoms with Crippen LogP contribution in [0.5, 0.6) is 11.5 Å². The highest BCUT2D eigenvalue weighted by molar-refractivity contribution is 5.93. The molecule has 2 amide bonds. The maximum absolute atomic E-state index is 12.0. The van der Waals surface area contributed by atoms with E-state index >= 15 is 0 Å². The zero-order chi connectivity index (χ0) is 17.5. The third-order valence-electron chi connectivity index (χ3n) is 4.25. The third kappa shape index (κ3) is 4.44. The maximum atomic E-state index is 12.0. The number of urea groups is 1. The number of carbonyl (C=O) groups is 1. The Hall–Kier alpha value is -2.69. The van der Waals surface area contributed by atoms with E-state index < -0.39 is 0 Å². The lowest BCUT2D eigenvalue weighted by Gasteiger charge is -2.28. The number of benzene rings is 2. The first-order valence-corrected chi connectivity index (χ1v) is 8.68. The predicted octanol–water partition coefficient (Wildman–Crippen LogP) is 3.63. The molecule has 0 aliphatic carbocycles. The zero-order valence-electron chi connectivity index (χ0n) is 14.5. The third-order valence-corrected chi connectivity index (χ3v) is 4.25. The number of hydrogen-bond donors (Lipinski definition) is 1. The van der Waals surface area contributed by atoms with Crippen LogP contribution >= 0.6 is 0 Å². The number of anilines is 1. The van der Waals surface area contributed by atoms with Gasteiger partial charge in [-0.05, 0) is 37.0 Å². The van der Waals surface area contributed by atoms with Crippen LogP contribution in [0.25, 0.3) is 0 Å². The molecular weight excluding hydrogens is 316 g/mol.